The molecule has 1 aliphatic carbocycles. The van der Waals surface area contributed by atoms with Crippen LogP contribution in [0.5, 0.6) is 5.75 Å². The minimum atomic E-state index is -0.425. The van der Waals surface area contributed by atoms with Crippen LogP contribution in [-0.2, 0) is 11.2 Å². The van der Waals surface area contributed by atoms with Gasteiger partial charge in [0.1, 0.15) is 5.75 Å². The van der Waals surface area contributed by atoms with Crippen LogP contribution >= 0.6 is 0 Å². The van der Waals surface area contributed by atoms with E-state index in [1.807, 2.05) is 12.1 Å². The van der Waals surface area contributed by atoms with Crippen molar-refractivity contribution in [3.05, 3.63) is 54.1 Å². The zero-order valence-electron chi connectivity index (χ0n) is 14.9. The highest BCUT2D eigenvalue weighted by atomic mass is 16.5. The first-order valence-electron chi connectivity index (χ1n) is 8.71. The lowest BCUT2D eigenvalue weighted by molar-refractivity contribution is -0.0918. The Morgan fingerprint density at radius 3 is 2.50 bits per heavy atom. The Hall–Kier alpha value is -1.62. The van der Waals surface area contributed by atoms with Gasteiger partial charge in [-0.15, -0.1) is 0 Å². The van der Waals surface area contributed by atoms with Gasteiger partial charge in [0.2, 0.25) is 0 Å². The Balaban J connectivity index is 1.79. The predicted octanol–water partition coefficient (Wildman–Crippen LogP) is 2.62. The molecule has 1 unspecified atom stereocenters. The van der Waals surface area contributed by atoms with E-state index < -0.39 is 5.72 Å². The lowest BCUT2D eigenvalue weighted by atomic mass is 9.94. The van der Waals surface area contributed by atoms with Crippen LogP contribution in [0.2, 0.25) is 0 Å². The Bertz CT molecular complexity index is 580. The van der Waals surface area contributed by atoms with E-state index in [1.54, 1.807) is 14.2 Å². The second kappa shape index (κ2) is 7.51. The summed E-state index contributed by atoms with van der Waals surface area (Å²) in [5, 5.41) is 3.53. The van der Waals surface area contributed by atoms with Crippen LogP contribution in [0.25, 0.3) is 0 Å². The Labute approximate surface area is 145 Å². The van der Waals surface area contributed by atoms with Gasteiger partial charge in [0.15, 0.2) is 5.72 Å². The van der Waals surface area contributed by atoms with Gasteiger partial charge in [-0.2, -0.15) is 0 Å². The fourth-order valence-electron chi connectivity index (χ4n) is 3.58. The summed E-state index contributed by atoms with van der Waals surface area (Å²) in [5.41, 5.74) is 0.893. The maximum atomic E-state index is 5.98. The molecular formula is C20H28N2O2. The zero-order chi connectivity index (χ0) is 17.0. The van der Waals surface area contributed by atoms with Crippen LogP contribution in [0.15, 0.2) is 48.6 Å². The van der Waals surface area contributed by atoms with Gasteiger partial charge in [-0.25, -0.2) is 0 Å². The molecule has 0 spiro atoms. The lowest BCUT2D eigenvalue weighted by Gasteiger charge is -2.47. The third kappa shape index (κ3) is 3.56. The van der Waals surface area contributed by atoms with Gasteiger partial charge in [-0.05, 0) is 42.2 Å². The molecule has 1 aliphatic heterocycles. The number of nitrogens with zero attached hydrogens (tertiary/aromatic N) is 1. The summed E-state index contributed by atoms with van der Waals surface area (Å²) in [4.78, 5) is 2.48. The number of allylic oxidation sites excluding steroid dienone is 2. The first kappa shape index (κ1) is 17.2. The van der Waals surface area contributed by atoms with Crippen molar-refractivity contribution in [3.63, 3.8) is 0 Å². The highest BCUT2D eigenvalue weighted by molar-refractivity contribution is 5.28. The molecule has 1 N–H and O–H groups in total. The Morgan fingerprint density at radius 2 is 1.88 bits per heavy atom. The van der Waals surface area contributed by atoms with Crippen molar-refractivity contribution >= 4 is 0 Å². The fourth-order valence-corrected chi connectivity index (χ4v) is 3.58. The summed E-state index contributed by atoms with van der Waals surface area (Å²) in [6.45, 7) is 5.12. The number of methoxy groups -OCH3 is 2. The van der Waals surface area contributed by atoms with Crippen LogP contribution < -0.4 is 10.1 Å². The first-order valence-corrected chi connectivity index (χ1v) is 8.71. The topological polar surface area (TPSA) is 33.7 Å². The van der Waals surface area contributed by atoms with E-state index >= 15 is 0 Å². The third-order valence-electron chi connectivity index (χ3n) is 5.03. The molecule has 1 fully saturated rings. The number of rotatable bonds is 5. The summed E-state index contributed by atoms with van der Waals surface area (Å²) in [6, 6.07) is 8.75. The molecule has 1 aromatic rings. The molecule has 1 aromatic carbocycles. The molecule has 1 saturated heterocycles. The molecule has 130 valence electrons. The molecule has 0 aromatic heterocycles. The van der Waals surface area contributed by atoms with Gasteiger partial charge in [-0.3, -0.25) is 4.90 Å². The summed E-state index contributed by atoms with van der Waals surface area (Å²) >= 11 is 0. The van der Waals surface area contributed by atoms with Crippen molar-refractivity contribution in [3.8, 4) is 5.75 Å². The average molecular weight is 328 g/mol. The molecule has 0 bridgehead atoms. The van der Waals surface area contributed by atoms with E-state index in [9.17, 15) is 0 Å². The van der Waals surface area contributed by atoms with E-state index in [4.69, 9.17) is 9.47 Å². The largest absolute Gasteiger partial charge is 0.497 e. The van der Waals surface area contributed by atoms with Gasteiger partial charge < -0.3 is 14.8 Å². The number of benzene rings is 1. The number of hydrogen-bond acceptors (Lipinski definition) is 4. The molecule has 3 rings (SSSR count). The number of hydrogen-bond donors (Lipinski definition) is 1. The Kier molecular flexibility index (Phi) is 5.39. The minimum Gasteiger partial charge on any atom is -0.497 e. The zero-order valence-corrected chi connectivity index (χ0v) is 14.9. The standard InChI is InChI=1S/C20H28N2O2/c1-16-8-10-20(24-3,11-9-16)22-13-12-21-15-18(22)14-17-4-6-19(23-2)7-5-17/h4-11,16,18,21H,12-15H2,1-3H3. The number of ether oxygens (including phenoxy) is 2. The molecule has 2 aliphatic rings. The Morgan fingerprint density at radius 1 is 1.17 bits per heavy atom. The van der Waals surface area contributed by atoms with Crippen LogP contribution in [-0.4, -0.2) is 50.5 Å². The summed E-state index contributed by atoms with van der Waals surface area (Å²) in [7, 11) is 3.50. The van der Waals surface area contributed by atoms with Gasteiger partial charge in [0, 0.05) is 32.8 Å². The first-order chi connectivity index (χ1) is 11.7. The van der Waals surface area contributed by atoms with Gasteiger partial charge >= 0.3 is 0 Å². The number of nitrogens with one attached hydrogen (secondary N) is 1. The second-order valence-electron chi connectivity index (χ2n) is 6.64. The maximum absolute atomic E-state index is 5.98. The normalized spacial score (nSPS) is 30.5. The molecule has 0 radical (unpaired) electrons. The van der Waals surface area contributed by atoms with Crippen molar-refractivity contribution < 1.29 is 9.47 Å². The van der Waals surface area contributed by atoms with Crippen LogP contribution in [0.1, 0.15) is 12.5 Å². The highest BCUT2D eigenvalue weighted by Crippen LogP contribution is 2.30. The van der Waals surface area contributed by atoms with Crippen molar-refractivity contribution in [1.29, 1.82) is 0 Å². The van der Waals surface area contributed by atoms with E-state index in [0.29, 0.717) is 12.0 Å². The van der Waals surface area contributed by atoms with Gasteiger partial charge in [0.05, 0.1) is 7.11 Å². The van der Waals surface area contributed by atoms with Crippen LogP contribution in [0, 0.1) is 5.92 Å². The van der Waals surface area contributed by atoms with Crippen LogP contribution in [0.3, 0.4) is 0 Å². The molecule has 24 heavy (non-hydrogen) atoms. The summed E-state index contributed by atoms with van der Waals surface area (Å²) < 4.78 is 11.2. The summed E-state index contributed by atoms with van der Waals surface area (Å²) in [6.07, 6.45) is 9.87. The molecule has 4 heteroatoms. The van der Waals surface area contributed by atoms with E-state index in [0.717, 1.165) is 31.8 Å². The third-order valence-corrected chi connectivity index (χ3v) is 5.03. The van der Waals surface area contributed by atoms with E-state index in [2.05, 4.69) is 53.6 Å². The molecule has 1 atom stereocenters. The van der Waals surface area contributed by atoms with E-state index in [1.165, 1.54) is 5.56 Å². The molecule has 0 amide bonds. The lowest BCUT2D eigenvalue weighted by Crippen LogP contribution is -2.61. The second-order valence-corrected chi connectivity index (χ2v) is 6.64. The average Bonchev–Trinajstić information content (AvgIpc) is 2.64. The molecular weight excluding hydrogens is 300 g/mol. The van der Waals surface area contributed by atoms with Crippen molar-refractivity contribution in [2.75, 3.05) is 33.9 Å². The highest BCUT2D eigenvalue weighted by Gasteiger charge is 2.39. The monoisotopic (exact) mass is 328 g/mol. The molecule has 4 nitrogen and oxygen atoms in total. The predicted molar refractivity (Wildman–Crippen MR) is 97.2 cm³/mol. The molecule has 1 heterocycles. The molecule has 0 saturated carbocycles. The van der Waals surface area contributed by atoms with Crippen molar-refractivity contribution in [1.82, 2.24) is 10.2 Å². The van der Waals surface area contributed by atoms with E-state index in [-0.39, 0.29) is 0 Å². The van der Waals surface area contributed by atoms with Crippen molar-refractivity contribution in [2.24, 2.45) is 5.92 Å². The van der Waals surface area contributed by atoms with Crippen LogP contribution in [0.4, 0.5) is 0 Å². The quantitative estimate of drug-likeness (QED) is 0.843. The summed E-state index contributed by atoms with van der Waals surface area (Å²) in [5.74, 6) is 1.37. The fraction of sp³-hybridized carbons (Fsp3) is 0.500. The van der Waals surface area contributed by atoms with Crippen molar-refractivity contribution in [2.45, 2.75) is 25.1 Å². The minimum absolute atomic E-state index is 0.384. The smallest absolute Gasteiger partial charge is 0.160 e. The maximum Gasteiger partial charge on any atom is 0.160 e. The SMILES string of the molecule is COc1ccc(CC2CNCCN2C2(OC)C=CC(C)C=C2)cc1. The van der Waals surface area contributed by atoms with Gasteiger partial charge in [-0.1, -0.05) is 31.2 Å². The number of piperazine rings is 1. The van der Waals surface area contributed by atoms with Gasteiger partial charge in [0.25, 0.3) is 0 Å².